The lowest BCUT2D eigenvalue weighted by Gasteiger charge is -2.23. The van der Waals surface area contributed by atoms with Gasteiger partial charge in [-0.15, -0.1) is 0 Å². The standard InChI is InChI=1S/C12H22N4O/c1-4-6-7-16(5-2)12(17)11(13)10-8-14-15(3)9-10/h8-9,11H,4-7,13H2,1-3H3. The lowest BCUT2D eigenvalue weighted by molar-refractivity contribution is -0.132. The van der Waals surface area contributed by atoms with Gasteiger partial charge in [-0.05, 0) is 13.3 Å². The van der Waals surface area contributed by atoms with Crippen LogP contribution in [-0.4, -0.2) is 33.7 Å². The highest BCUT2D eigenvalue weighted by Gasteiger charge is 2.21. The fourth-order valence-corrected chi connectivity index (χ4v) is 1.71. The number of nitrogens with zero attached hydrogens (tertiary/aromatic N) is 3. The zero-order valence-electron chi connectivity index (χ0n) is 10.9. The van der Waals surface area contributed by atoms with Crippen LogP contribution in [-0.2, 0) is 11.8 Å². The first-order valence-electron chi connectivity index (χ1n) is 6.13. The van der Waals surface area contributed by atoms with Gasteiger partial charge in [0.05, 0.1) is 6.20 Å². The molecule has 0 aliphatic rings. The molecule has 0 radical (unpaired) electrons. The number of aryl methyl sites for hydroxylation is 1. The number of aromatic nitrogens is 2. The van der Waals surface area contributed by atoms with E-state index in [0.29, 0.717) is 6.54 Å². The smallest absolute Gasteiger partial charge is 0.244 e. The topological polar surface area (TPSA) is 64.2 Å². The number of hydrogen-bond acceptors (Lipinski definition) is 3. The molecule has 5 nitrogen and oxygen atoms in total. The number of amides is 1. The van der Waals surface area contributed by atoms with Gasteiger partial charge in [0.2, 0.25) is 5.91 Å². The van der Waals surface area contributed by atoms with E-state index >= 15 is 0 Å². The minimum absolute atomic E-state index is 0.0195. The van der Waals surface area contributed by atoms with Crippen LogP contribution in [0.3, 0.4) is 0 Å². The quantitative estimate of drug-likeness (QED) is 0.806. The average Bonchev–Trinajstić information content (AvgIpc) is 2.75. The maximum atomic E-state index is 12.2. The van der Waals surface area contributed by atoms with Gasteiger partial charge in [-0.3, -0.25) is 9.48 Å². The van der Waals surface area contributed by atoms with Crippen molar-refractivity contribution in [2.75, 3.05) is 13.1 Å². The van der Waals surface area contributed by atoms with Crippen molar-refractivity contribution in [3.8, 4) is 0 Å². The molecule has 1 atom stereocenters. The average molecular weight is 238 g/mol. The van der Waals surface area contributed by atoms with Gasteiger partial charge in [0.25, 0.3) is 0 Å². The monoisotopic (exact) mass is 238 g/mol. The molecule has 0 aliphatic carbocycles. The van der Waals surface area contributed by atoms with Gasteiger partial charge in [-0.25, -0.2) is 0 Å². The summed E-state index contributed by atoms with van der Waals surface area (Å²) in [7, 11) is 1.81. The first-order chi connectivity index (χ1) is 8.10. The van der Waals surface area contributed by atoms with Crippen molar-refractivity contribution in [3.63, 3.8) is 0 Å². The van der Waals surface area contributed by atoms with E-state index in [2.05, 4.69) is 12.0 Å². The number of rotatable bonds is 6. The third-order valence-electron chi connectivity index (χ3n) is 2.82. The van der Waals surface area contributed by atoms with Crippen LogP contribution in [0.4, 0.5) is 0 Å². The Balaban J connectivity index is 2.66. The molecule has 1 aromatic rings. The predicted octanol–water partition coefficient (Wildman–Crippen LogP) is 1.07. The molecule has 96 valence electrons. The molecule has 1 heterocycles. The molecule has 0 bridgehead atoms. The van der Waals surface area contributed by atoms with Crippen molar-refractivity contribution >= 4 is 5.91 Å². The summed E-state index contributed by atoms with van der Waals surface area (Å²) in [5.41, 5.74) is 6.73. The minimum Gasteiger partial charge on any atom is -0.341 e. The Bertz CT molecular complexity index is 361. The van der Waals surface area contributed by atoms with Gasteiger partial charge in [0.15, 0.2) is 0 Å². The van der Waals surface area contributed by atoms with E-state index in [9.17, 15) is 4.79 Å². The highest BCUT2D eigenvalue weighted by molar-refractivity contribution is 5.82. The number of carbonyl (C=O) groups excluding carboxylic acids is 1. The van der Waals surface area contributed by atoms with Crippen LogP contribution < -0.4 is 5.73 Å². The van der Waals surface area contributed by atoms with Gasteiger partial charge in [0.1, 0.15) is 6.04 Å². The van der Waals surface area contributed by atoms with Crippen LogP contribution in [0.25, 0.3) is 0 Å². The van der Waals surface area contributed by atoms with Gasteiger partial charge < -0.3 is 10.6 Å². The highest BCUT2D eigenvalue weighted by atomic mass is 16.2. The van der Waals surface area contributed by atoms with E-state index in [0.717, 1.165) is 24.9 Å². The Morgan fingerprint density at radius 2 is 2.29 bits per heavy atom. The van der Waals surface area contributed by atoms with Crippen molar-refractivity contribution in [1.82, 2.24) is 14.7 Å². The second kappa shape index (κ2) is 6.39. The Labute approximate surface area is 103 Å². The van der Waals surface area contributed by atoms with Crippen LogP contribution in [0.1, 0.15) is 38.3 Å². The fourth-order valence-electron chi connectivity index (χ4n) is 1.71. The molecular formula is C12H22N4O. The summed E-state index contributed by atoms with van der Waals surface area (Å²) in [6.07, 6.45) is 5.53. The zero-order valence-corrected chi connectivity index (χ0v) is 10.9. The van der Waals surface area contributed by atoms with E-state index in [-0.39, 0.29) is 5.91 Å². The number of hydrogen-bond donors (Lipinski definition) is 1. The summed E-state index contributed by atoms with van der Waals surface area (Å²) in [5.74, 6) is -0.0195. The third kappa shape index (κ3) is 3.56. The van der Waals surface area contributed by atoms with E-state index in [1.807, 2.05) is 14.0 Å². The fraction of sp³-hybridized carbons (Fsp3) is 0.667. The van der Waals surface area contributed by atoms with Gasteiger partial charge in [-0.2, -0.15) is 5.10 Å². The van der Waals surface area contributed by atoms with Crippen molar-refractivity contribution in [2.24, 2.45) is 12.8 Å². The van der Waals surface area contributed by atoms with Crippen molar-refractivity contribution < 1.29 is 4.79 Å². The van der Waals surface area contributed by atoms with Crippen LogP contribution >= 0.6 is 0 Å². The zero-order chi connectivity index (χ0) is 12.8. The largest absolute Gasteiger partial charge is 0.341 e. The molecular weight excluding hydrogens is 216 g/mol. The summed E-state index contributed by atoms with van der Waals surface area (Å²) >= 11 is 0. The normalized spacial score (nSPS) is 12.5. The maximum absolute atomic E-state index is 12.2. The van der Waals surface area contributed by atoms with Crippen LogP contribution in [0.2, 0.25) is 0 Å². The molecule has 0 spiro atoms. The highest BCUT2D eigenvalue weighted by Crippen LogP contribution is 2.12. The van der Waals surface area contributed by atoms with E-state index in [1.165, 1.54) is 0 Å². The van der Waals surface area contributed by atoms with Crippen LogP contribution in [0, 0.1) is 0 Å². The Kier molecular flexibility index (Phi) is 5.15. The summed E-state index contributed by atoms with van der Waals surface area (Å²) in [6.45, 7) is 5.56. The first-order valence-corrected chi connectivity index (χ1v) is 6.13. The van der Waals surface area contributed by atoms with Crippen LogP contribution in [0.15, 0.2) is 12.4 Å². The van der Waals surface area contributed by atoms with E-state index in [1.54, 1.807) is 22.0 Å². The second-order valence-corrected chi connectivity index (χ2v) is 4.20. The minimum atomic E-state index is -0.597. The second-order valence-electron chi connectivity index (χ2n) is 4.20. The Morgan fingerprint density at radius 1 is 1.59 bits per heavy atom. The number of nitrogens with two attached hydrogens (primary N) is 1. The lowest BCUT2D eigenvalue weighted by Crippen LogP contribution is -2.38. The van der Waals surface area contributed by atoms with Crippen molar-refractivity contribution in [2.45, 2.75) is 32.7 Å². The van der Waals surface area contributed by atoms with E-state index in [4.69, 9.17) is 5.73 Å². The first kappa shape index (κ1) is 13.7. The number of likely N-dealkylation sites (N-methyl/N-ethyl adjacent to an activating group) is 1. The maximum Gasteiger partial charge on any atom is 0.244 e. The molecule has 5 heteroatoms. The molecule has 17 heavy (non-hydrogen) atoms. The van der Waals surface area contributed by atoms with Crippen molar-refractivity contribution in [3.05, 3.63) is 18.0 Å². The Morgan fingerprint density at radius 3 is 2.76 bits per heavy atom. The molecule has 1 aromatic heterocycles. The van der Waals surface area contributed by atoms with Crippen LogP contribution in [0.5, 0.6) is 0 Å². The number of unbranched alkanes of at least 4 members (excludes halogenated alkanes) is 1. The molecule has 0 fully saturated rings. The SMILES string of the molecule is CCCCN(CC)C(=O)C(N)c1cnn(C)c1. The summed E-state index contributed by atoms with van der Waals surface area (Å²) in [4.78, 5) is 14.0. The predicted molar refractivity (Wildman–Crippen MR) is 67.3 cm³/mol. The molecule has 1 rings (SSSR count). The summed E-state index contributed by atoms with van der Waals surface area (Å²) < 4.78 is 1.66. The Hall–Kier alpha value is -1.36. The summed E-state index contributed by atoms with van der Waals surface area (Å²) in [5, 5.41) is 4.03. The summed E-state index contributed by atoms with van der Waals surface area (Å²) in [6, 6.07) is -0.597. The van der Waals surface area contributed by atoms with Crippen molar-refractivity contribution in [1.29, 1.82) is 0 Å². The lowest BCUT2D eigenvalue weighted by atomic mass is 10.1. The third-order valence-corrected chi connectivity index (χ3v) is 2.82. The molecule has 0 saturated heterocycles. The van der Waals surface area contributed by atoms with E-state index < -0.39 is 6.04 Å². The molecule has 2 N–H and O–H groups in total. The molecule has 0 aliphatic heterocycles. The number of carbonyl (C=O) groups is 1. The van der Waals surface area contributed by atoms with Gasteiger partial charge in [0, 0.05) is 31.9 Å². The molecule has 1 unspecified atom stereocenters. The molecule has 0 aromatic carbocycles. The van der Waals surface area contributed by atoms with Gasteiger partial charge in [-0.1, -0.05) is 13.3 Å². The molecule has 0 saturated carbocycles. The van der Waals surface area contributed by atoms with Gasteiger partial charge >= 0.3 is 0 Å². The molecule has 1 amide bonds.